The Morgan fingerprint density at radius 3 is 2.71 bits per heavy atom. The van der Waals surface area contributed by atoms with Crippen LogP contribution in [0.4, 0.5) is 13.2 Å². The maximum Gasteiger partial charge on any atom is 0.416 e. The Morgan fingerprint density at radius 1 is 1.21 bits per heavy atom. The number of benzene rings is 1. The highest BCUT2D eigenvalue weighted by Gasteiger charge is 2.31. The summed E-state index contributed by atoms with van der Waals surface area (Å²) in [5, 5.41) is 2.60. The third-order valence-electron chi connectivity index (χ3n) is 3.62. The average molecular weight is 338 g/mol. The molecule has 126 valence electrons. The summed E-state index contributed by atoms with van der Waals surface area (Å²) in [6, 6.07) is 7.50. The van der Waals surface area contributed by atoms with E-state index in [1.54, 1.807) is 0 Å². The fraction of sp³-hybridized carbons (Fsp3) is 0.250. The van der Waals surface area contributed by atoms with Crippen LogP contribution in [0.25, 0.3) is 11.3 Å². The van der Waals surface area contributed by atoms with Crippen LogP contribution in [-0.2, 0) is 11.0 Å². The first kappa shape index (κ1) is 16.1. The monoisotopic (exact) mass is 338 g/mol. The Kier molecular flexibility index (Phi) is 4.04. The van der Waals surface area contributed by atoms with Crippen LogP contribution in [-0.4, -0.2) is 36.3 Å². The molecule has 0 saturated carbocycles. The maximum atomic E-state index is 12.8. The summed E-state index contributed by atoms with van der Waals surface area (Å²) in [7, 11) is 0. The average Bonchev–Trinajstić information content (AvgIpc) is 3.03. The summed E-state index contributed by atoms with van der Waals surface area (Å²) >= 11 is 0. The minimum Gasteiger partial charge on any atom is -0.451 e. The van der Waals surface area contributed by atoms with Gasteiger partial charge in [0.15, 0.2) is 5.76 Å². The number of carbonyl (C=O) groups is 2. The van der Waals surface area contributed by atoms with E-state index in [-0.39, 0.29) is 29.5 Å². The van der Waals surface area contributed by atoms with Gasteiger partial charge in [-0.3, -0.25) is 9.59 Å². The van der Waals surface area contributed by atoms with Crippen LogP contribution >= 0.6 is 0 Å². The van der Waals surface area contributed by atoms with Crippen LogP contribution in [0.15, 0.2) is 40.8 Å². The van der Waals surface area contributed by atoms with Gasteiger partial charge in [0, 0.05) is 18.7 Å². The quantitative estimate of drug-likeness (QED) is 0.915. The molecule has 1 aliphatic rings. The Labute approximate surface area is 135 Å². The summed E-state index contributed by atoms with van der Waals surface area (Å²) in [4.78, 5) is 24.9. The molecule has 5 nitrogen and oxygen atoms in total. The molecule has 1 fully saturated rings. The second kappa shape index (κ2) is 6.03. The Hall–Kier alpha value is -2.77. The third kappa shape index (κ3) is 3.27. The number of carbonyl (C=O) groups excluding carboxylic acids is 2. The summed E-state index contributed by atoms with van der Waals surface area (Å²) < 4.78 is 43.7. The van der Waals surface area contributed by atoms with Crippen LogP contribution in [0.1, 0.15) is 16.1 Å². The predicted molar refractivity (Wildman–Crippen MR) is 78.1 cm³/mol. The molecule has 0 aliphatic carbocycles. The van der Waals surface area contributed by atoms with Gasteiger partial charge in [0.1, 0.15) is 12.3 Å². The molecule has 0 bridgehead atoms. The molecule has 2 amide bonds. The molecule has 3 rings (SSSR count). The number of hydrogen-bond acceptors (Lipinski definition) is 3. The van der Waals surface area contributed by atoms with Crippen LogP contribution in [0.2, 0.25) is 0 Å². The van der Waals surface area contributed by atoms with E-state index in [0.29, 0.717) is 13.1 Å². The van der Waals surface area contributed by atoms with Crippen molar-refractivity contribution in [3.05, 3.63) is 47.7 Å². The number of amides is 2. The second-order valence-electron chi connectivity index (χ2n) is 5.32. The van der Waals surface area contributed by atoms with Crippen LogP contribution in [0.3, 0.4) is 0 Å². The van der Waals surface area contributed by atoms with Gasteiger partial charge in [-0.2, -0.15) is 13.2 Å². The highest BCUT2D eigenvalue weighted by Crippen LogP contribution is 2.32. The van der Waals surface area contributed by atoms with E-state index in [1.807, 2.05) is 0 Å². The maximum absolute atomic E-state index is 12.8. The first-order valence-electron chi connectivity index (χ1n) is 7.18. The molecule has 2 aromatic rings. The van der Waals surface area contributed by atoms with Crippen molar-refractivity contribution in [2.45, 2.75) is 6.18 Å². The molecular weight excluding hydrogens is 325 g/mol. The minimum absolute atomic E-state index is 0.0166. The lowest BCUT2D eigenvalue weighted by Gasteiger charge is -2.25. The van der Waals surface area contributed by atoms with E-state index in [2.05, 4.69) is 5.32 Å². The number of alkyl halides is 3. The Morgan fingerprint density at radius 2 is 2.00 bits per heavy atom. The van der Waals surface area contributed by atoms with Crippen molar-refractivity contribution in [1.82, 2.24) is 10.2 Å². The fourth-order valence-electron chi connectivity index (χ4n) is 2.42. The topological polar surface area (TPSA) is 62.6 Å². The van der Waals surface area contributed by atoms with Crippen molar-refractivity contribution in [3.8, 4) is 11.3 Å². The molecule has 1 aliphatic heterocycles. The van der Waals surface area contributed by atoms with Crippen molar-refractivity contribution in [2.24, 2.45) is 0 Å². The molecule has 1 aromatic heterocycles. The zero-order chi connectivity index (χ0) is 17.3. The molecule has 8 heteroatoms. The summed E-state index contributed by atoms with van der Waals surface area (Å²) in [5.41, 5.74) is -0.572. The first-order valence-corrected chi connectivity index (χ1v) is 7.18. The molecule has 0 spiro atoms. The van der Waals surface area contributed by atoms with Gasteiger partial charge in [0.2, 0.25) is 5.91 Å². The number of hydrogen-bond donors (Lipinski definition) is 1. The molecule has 1 N–H and O–H groups in total. The molecule has 0 atom stereocenters. The molecule has 0 radical (unpaired) electrons. The van der Waals surface area contributed by atoms with Crippen LogP contribution < -0.4 is 5.32 Å². The number of nitrogens with zero attached hydrogens (tertiary/aromatic N) is 1. The molecule has 24 heavy (non-hydrogen) atoms. The summed E-state index contributed by atoms with van der Waals surface area (Å²) in [5.74, 6) is -0.592. The van der Waals surface area contributed by atoms with Gasteiger partial charge in [-0.25, -0.2) is 0 Å². The van der Waals surface area contributed by atoms with E-state index < -0.39 is 17.6 Å². The highest BCUT2D eigenvalue weighted by molar-refractivity contribution is 5.95. The highest BCUT2D eigenvalue weighted by atomic mass is 19.4. The smallest absolute Gasteiger partial charge is 0.416 e. The second-order valence-corrected chi connectivity index (χ2v) is 5.32. The molecule has 1 saturated heterocycles. The van der Waals surface area contributed by atoms with Crippen molar-refractivity contribution in [2.75, 3.05) is 19.6 Å². The number of halogens is 3. The van der Waals surface area contributed by atoms with Gasteiger partial charge >= 0.3 is 6.18 Å². The largest absolute Gasteiger partial charge is 0.451 e. The minimum atomic E-state index is -4.46. The zero-order valence-corrected chi connectivity index (χ0v) is 12.4. The van der Waals surface area contributed by atoms with Gasteiger partial charge in [-0.15, -0.1) is 0 Å². The third-order valence-corrected chi connectivity index (χ3v) is 3.62. The Balaban J connectivity index is 1.83. The van der Waals surface area contributed by atoms with Crippen molar-refractivity contribution in [1.29, 1.82) is 0 Å². The number of rotatable bonds is 2. The van der Waals surface area contributed by atoms with Gasteiger partial charge < -0.3 is 14.6 Å². The number of nitrogens with one attached hydrogen (secondary N) is 1. The normalized spacial score (nSPS) is 15.3. The molecular formula is C16H13F3N2O3. The van der Waals surface area contributed by atoms with Gasteiger partial charge in [0.05, 0.1) is 5.56 Å². The van der Waals surface area contributed by atoms with Gasteiger partial charge in [-0.05, 0) is 24.3 Å². The summed E-state index contributed by atoms with van der Waals surface area (Å²) in [6.07, 6.45) is -4.46. The van der Waals surface area contributed by atoms with E-state index >= 15 is 0 Å². The lowest BCUT2D eigenvalue weighted by Crippen LogP contribution is -2.49. The SMILES string of the molecule is O=C1CN(C(=O)c2ccc(-c3cccc(C(F)(F)F)c3)o2)CCN1. The van der Waals surface area contributed by atoms with E-state index in [4.69, 9.17) is 4.42 Å². The van der Waals surface area contributed by atoms with E-state index in [9.17, 15) is 22.8 Å². The first-order chi connectivity index (χ1) is 11.3. The van der Waals surface area contributed by atoms with Crippen molar-refractivity contribution >= 4 is 11.8 Å². The van der Waals surface area contributed by atoms with Gasteiger partial charge in [0.25, 0.3) is 5.91 Å². The molecule has 2 heterocycles. The Bertz CT molecular complexity index is 783. The van der Waals surface area contributed by atoms with E-state index in [0.717, 1.165) is 12.1 Å². The lowest BCUT2D eigenvalue weighted by atomic mass is 10.1. The van der Waals surface area contributed by atoms with E-state index in [1.165, 1.54) is 29.2 Å². The zero-order valence-electron chi connectivity index (χ0n) is 12.4. The van der Waals surface area contributed by atoms with Crippen molar-refractivity contribution in [3.63, 3.8) is 0 Å². The van der Waals surface area contributed by atoms with Crippen LogP contribution in [0.5, 0.6) is 0 Å². The molecule has 0 unspecified atom stereocenters. The number of piperazine rings is 1. The van der Waals surface area contributed by atoms with Gasteiger partial charge in [-0.1, -0.05) is 12.1 Å². The number of furan rings is 1. The lowest BCUT2D eigenvalue weighted by molar-refractivity contribution is -0.137. The standard InChI is InChI=1S/C16H13F3N2O3/c17-16(18,19)11-3-1-2-10(8-11)12-4-5-13(24-12)15(23)21-7-6-20-14(22)9-21/h1-5,8H,6-7,9H2,(H,20,22). The van der Waals surface area contributed by atoms with Crippen molar-refractivity contribution < 1.29 is 27.2 Å². The fourth-order valence-corrected chi connectivity index (χ4v) is 2.42. The summed E-state index contributed by atoms with van der Waals surface area (Å²) in [6.45, 7) is 0.633. The van der Waals surface area contributed by atoms with Crippen LogP contribution in [0, 0.1) is 0 Å². The predicted octanol–water partition coefficient (Wildman–Crippen LogP) is 2.54. The molecule has 1 aromatic carbocycles.